The first kappa shape index (κ1) is 16.6. The summed E-state index contributed by atoms with van der Waals surface area (Å²) in [4.78, 5) is 9.90. The Labute approximate surface area is 73.8 Å². The van der Waals surface area contributed by atoms with Crippen molar-refractivity contribution in [2.75, 3.05) is 0 Å². The third-order valence-corrected chi connectivity index (χ3v) is 0.936. The van der Waals surface area contributed by atoms with E-state index in [0.29, 0.717) is 12.3 Å². The number of carboxylic acid groups (broad SMARTS) is 1. The maximum atomic E-state index is 9.90. The lowest BCUT2D eigenvalue weighted by molar-refractivity contribution is -0.137. The van der Waals surface area contributed by atoms with Gasteiger partial charge in [-0.1, -0.05) is 13.8 Å². The number of aliphatic carboxylic acids is 1. The second-order valence-electron chi connectivity index (χ2n) is 2.33. The van der Waals surface area contributed by atoms with Crippen molar-refractivity contribution in [2.45, 2.75) is 26.7 Å². The van der Waals surface area contributed by atoms with Gasteiger partial charge in [-0.15, -0.1) is 24.8 Å². The highest BCUT2D eigenvalue weighted by atomic mass is 35.5. The van der Waals surface area contributed by atoms with E-state index in [1.807, 2.05) is 13.8 Å². The van der Waals surface area contributed by atoms with Crippen LogP contribution in [0.5, 0.6) is 0 Å². The minimum absolute atomic E-state index is 0. The predicted octanol–water partition coefficient (Wildman–Crippen LogP) is 2.35. The van der Waals surface area contributed by atoms with E-state index >= 15 is 0 Å². The second-order valence-corrected chi connectivity index (χ2v) is 2.33. The number of halogens is 2. The van der Waals surface area contributed by atoms with Crippen LogP contribution >= 0.6 is 24.8 Å². The number of hydrogen-bond acceptors (Lipinski definition) is 1. The summed E-state index contributed by atoms with van der Waals surface area (Å²) < 4.78 is 0. The summed E-state index contributed by atoms with van der Waals surface area (Å²) in [6, 6.07) is 0. The fraction of sp³-hybridized carbons (Fsp3) is 0.833. The van der Waals surface area contributed by atoms with Gasteiger partial charge < -0.3 is 5.11 Å². The van der Waals surface area contributed by atoms with Gasteiger partial charge in [0.2, 0.25) is 0 Å². The fourth-order valence-electron chi connectivity index (χ4n) is 0.412. The van der Waals surface area contributed by atoms with E-state index < -0.39 is 5.97 Å². The summed E-state index contributed by atoms with van der Waals surface area (Å²) in [5.74, 6) is -0.190. The van der Waals surface area contributed by atoms with Gasteiger partial charge >= 0.3 is 5.97 Å². The molecule has 0 amide bonds. The van der Waals surface area contributed by atoms with E-state index in [9.17, 15) is 4.79 Å². The summed E-state index contributed by atoms with van der Waals surface area (Å²) in [5, 5.41) is 8.16. The SMILES string of the molecule is CC(C)CCC(=O)O.Cl.Cl. The zero-order valence-electron chi connectivity index (χ0n) is 6.16. The van der Waals surface area contributed by atoms with Gasteiger partial charge in [-0.3, -0.25) is 4.79 Å². The van der Waals surface area contributed by atoms with Crippen molar-refractivity contribution in [2.24, 2.45) is 5.92 Å². The molecule has 0 fully saturated rings. The van der Waals surface area contributed by atoms with Gasteiger partial charge in [0.15, 0.2) is 0 Å². The molecular formula is C6H14Cl2O2. The standard InChI is InChI=1S/C6H12O2.2ClH/c1-5(2)3-4-6(7)8;;/h5H,3-4H2,1-2H3,(H,7,8);2*1H. The number of rotatable bonds is 3. The molecule has 0 radical (unpaired) electrons. The minimum atomic E-state index is -0.696. The minimum Gasteiger partial charge on any atom is -0.481 e. The van der Waals surface area contributed by atoms with Crippen LogP contribution in [0.15, 0.2) is 0 Å². The van der Waals surface area contributed by atoms with E-state index in [1.165, 1.54) is 0 Å². The molecule has 10 heavy (non-hydrogen) atoms. The molecule has 0 aromatic heterocycles. The smallest absolute Gasteiger partial charge is 0.303 e. The third-order valence-electron chi connectivity index (χ3n) is 0.936. The van der Waals surface area contributed by atoms with Crippen molar-refractivity contribution in [3.05, 3.63) is 0 Å². The molecule has 1 N–H and O–H groups in total. The van der Waals surface area contributed by atoms with Crippen molar-refractivity contribution < 1.29 is 9.90 Å². The van der Waals surface area contributed by atoms with Gasteiger partial charge in [-0.2, -0.15) is 0 Å². The van der Waals surface area contributed by atoms with Crippen LogP contribution in [0, 0.1) is 5.92 Å². The molecule has 0 aliphatic carbocycles. The maximum absolute atomic E-state index is 9.90. The Morgan fingerprint density at radius 1 is 1.40 bits per heavy atom. The topological polar surface area (TPSA) is 37.3 Å². The summed E-state index contributed by atoms with van der Waals surface area (Å²) in [5.41, 5.74) is 0. The van der Waals surface area contributed by atoms with Crippen LogP contribution in [-0.4, -0.2) is 11.1 Å². The highest BCUT2D eigenvalue weighted by Crippen LogP contribution is 2.01. The highest BCUT2D eigenvalue weighted by Gasteiger charge is 1.97. The molecule has 0 unspecified atom stereocenters. The van der Waals surface area contributed by atoms with Crippen LogP contribution in [0.4, 0.5) is 0 Å². The summed E-state index contributed by atoms with van der Waals surface area (Å²) in [6.45, 7) is 4.03. The molecule has 0 aromatic carbocycles. The zero-order valence-corrected chi connectivity index (χ0v) is 7.80. The van der Waals surface area contributed by atoms with Crippen LogP contribution in [0.3, 0.4) is 0 Å². The molecule has 0 saturated heterocycles. The fourth-order valence-corrected chi connectivity index (χ4v) is 0.412. The van der Waals surface area contributed by atoms with Crippen LogP contribution in [0.2, 0.25) is 0 Å². The zero-order chi connectivity index (χ0) is 6.57. The quantitative estimate of drug-likeness (QED) is 0.739. The summed E-state index contributed by atoms with van der Waals surface area (Å²) in [7, 11) is 0. The van der Waals surface area contributed by atoms with Gasteiger partial charge in [-0.25, -0.2) is 0 Å². The summed E-state index contributed by atoms with van der Waals surface area (Å²) in [6.07, 6.45) is 1.09. The van der Waals surface area contributed by atoms with Crippen LogP contribution in [0.25, 0.3) is 0 Å². The van der Waals surface area contributed by atoms with E-state index in [2.05, 4.69) is 0 Å². The van der Waals surface area contributed by atoms with Crippen molar-refractivity contribution >= 4 is 30.8 Å². The third kappa shape index (κ3) is 15.7. The lowest BCUT2D eigenvalue weighted by atomic mass is 10.1. The Hall–Kier alpha value is 0.0500. The van der Waals surface area contributed by atoms with Crippen LogP contribution in [-0.2, 0) is 4.79 Å². The van der Waals surface area contributed by atoms with Crippen molar-refractivity contribution in [3.63, 3.8) is 0 Å². The van der Waals surface area contributed by atoms with Crippen LogP contribution in [0.1, 0.15) is 26.7 Å². The molecule has 0 spiro atoms. The molecule has 0 heterocycles. The van der Waals surface area contributed by atoms with Gasteiger partial charge in [0.1, 0.15) is 0 Å². The van der Waals surface area contributed by atoms with Crippen molar-refractivity contribution in [3.8, 4) is 0 Å². The van der Waals surface area contributed by atoms with Gasteiger partial charge in [-0.05, 0) is 12.3 Å². The first-order valence-electron chi connectivity index (χ1n) is 2.84. The Morgan fingerprint density at radius 3 is 1.90 bits per heavy atom. The number of carboxylic acids is 1. The molecule has 0 aromatic rings. The van der Waals surface area contributed by atoms with E-state index in [1.54, 1.807) is 0 Å². The molecule has 0 atom stereocenters. The molecule has 0 aliphatic heterocycles. The highest BCUT2D eigenvalue weighted by molar-refractivity contribution is 5.85. The molecule has 0 bridgehead atoms. The molecule has 4 heteroatoms. The molecule has 64 valence electrons. The average molecular weight is 189 g/mol. The Kier molecular flexibility index (Phi) is 15.0. The van der Waals surface area contributed by atoms with Gasteiger partial charge in [0.05, 0.1) is 0 Å². The van der Waals surface area contributed by atoms with E-state index in [-0.39, 0.29) is 24.8 Å². The molecule has 0 saturated carbocycles. The lowest BCUT2D eigenvalue weighted by Crippen LogP contribution is -1.97. The largest absolute Gasteiger partial charge is 0.481 e. The predicted molar refractivity (Wildman–Crippen MR) is 46.2 cm³/mol. The first-order valence-corrected chi connectivity index (χ1v) is 2.84. The summed E-state index contributed by atoms with van der Waals surface area (Å²) >= 11 is 0. The molecule has 2 nitrogen and oxygen atoms in total. The second kappa shape index (κ2) is 9.05. The Bertz CT molecular complexity index is 83.8. The van der Waals surface area contributed by atoms with Crippen molar-refractivity contribution in [1.82, 2.24) is 0 Å². The average Bonchev–Trinajstić information content (AvgIpc) is 1.61. The maximum Gasteiger partial charge on any atom is 0.303 e. The van der Waals surface area contributed by atoms with E-state index in [4.69, 9.17) is 5.11 Å². The molecular weight excluding hydrogens is 175 g/mol. The normalized spacial score (nSPS) is 7.90. The monoisotopic (exact) mass is 188 g/mol. The van der Waals surface area contributed by atoms with Gasteiger partial charge in [0, 0.05) is 6.42 Å². The Morgan fingerprint density at radius 2 is 1.80 bits per heavy atom. The van der Waals surface area contributed by atoms with Gasteiger partial charge in [0.25, 0.3) is 0 Å². The first-order chi connectivity index (χ1) is 3.63. The lowest BCUT2D eigenvalue weighted by Gasteiger charge is -1.97. The number of carbonyl (C=O) groups is 1. The molecule has 0 aliphatic rings. The van der Waals surface area contributed by atoms with E-state index in [0.717, 1.165) is 6.42 Å². The molecule has 0 rings (SSSR count). The number of hydrogen-bond donors (Lipinski definition) is 1. The Balaban J connectivity index is -0.000000245. The van der Waals surface area contributed by atoms with Crippen LogP contribution < -0.4 is 0 Å². The van der Waals surface area contributed by atoms with Crippen molar-refractivity contribution in [1.29, 1.82) is 0 Å².